The largest absolute Gasteiger partial charge is 0.423 e. The number of hydrogen-bond donors (Lipinski definition) is 0. The molecule has 0 aromatic carbocycles. The molecule has 0 aliphatic heterocycles. The van der Waals surface area contributed by atoms with E-state index in [0.29, 0.717) is 11.7 Å². The minimum atomic E-state index is -3.48. The Kier molecular flexibility index (Phi) is 12.0. The minimum absolute atomic E-state index is 0.172. The number of alkyl halides is 2. The molecule has 1 aliphatic carbocycles. The summed E-state index contributed by atoms with van der Waals surface area (Å²) in [6.45, 7) is 14.9. The predicted molar refractivity (Wildman–Crippen MR) is 123 cm³/mol. The van der Waals surface area contributed by atoms with Crippen LogP contribution >= 0.6 is 0 Å². The molecular weight excluding hydrogens is 398 g/mol. The standard InChI is InChI=1S/C26H38F2O3/c1-8-10-22(16-20(5)14-15-26(27,28)31-19(3)4)21(6)12-13-23(11-9-2)30-25-17-24(18-25)29-7/h8,10,16,19,23-25H,1,6,9,11-13,17-18H2,2-5,7H3/b20-16+,22-10+. The van der Waals surface area contributed by atoms with Crippen LogP contribution in [0.3, 0.4) is 0 Å². The van der Waals surface area contributed by atoms with Crippen molar-refractivity contribution in [2.24, 2.45) is 0 Å². The van der Waals surface area contributed by atoms with E-state index < -0.39 is 12.2 Å². The molecule has 1 saturated carbocycles. The van der Waals surface area contributed by atoms with Gasteiger partial charge in [0.2, 0.25) is 0 Å². The van der Waals surface area contributed by atoms with Crippen molar-refractivity contribution in [3.05, 3.63) is 48.1 Å². The third kappa shape index (κ3) is 10.9. The Labute approximate surface area is 187 Å². The molecule has 0 amide bonds. The first kappa shape index (κ1) is 27.3. The summed E-state index contributed by atoms with van der Waals surface area (Å²) in [5.74, 6) is 4.39. The van der Waals surface area contributed by atoms with Crippen molar-refractivity contribution >= 4 is 0 Å². The summed E-state index contributed by atoms with van der Waals surface area (Å²) in [6, 6.07) is 0. The van der Waals surface area contributed by atoms with Gasteiger partial charge in [-0.05, 0) is 75.7 Å². The zero-order valence-electron chi connectivity index (χ0n) is 19.7. The Morgan fingerprint density at radius 3 is 2.45 bits per heavy atom. The number of hydrogen-bond acceptors (Lipinski definition) is 3. The Morgan fingerprint density at radius 1 is 1.23 bits per heavy atom. The summed E-state index contributed by atoms with van der Waals surface area (Å²) in [5, 5.41) is 0. The lowest BCUT2D eigenvalue weighted by atomic mass is 9.91. The number of methoxy groups -OCH3 is 1. The molecule has 1 aliphatic rings. The van der Waals surface area contributed by atoms with E-state index in [4.69, 9.17) is 9.47 Å². The van der Waals surface area contributed by atoms with Gasteiger partial charge in [-0.2, -0.15) is 8.78 Å². The van der Waals surface area contributed by atoms with Gasteiger partial charge in [0.1, 0.15) is 0 Å². The topological polar surface area (TPSA) is 27.7 Å². The molecule has 0 aromatic heterocycles. The molecule has 174 valence electrons. The molecule has 0 N–H and O–H groups in total. The van der Waals surface area contributed by atoms with Gasteiger partial charge in [0.25, 0.3) is 0 Å². The first-order valence-electron chi connectivity index (χ1n) is 11.1. The quantitative estimate of drug-likeness (QED) is 0.236. The van der Waals surface area contributed by atoms with Crippen LogP contribution in [0.5, 0.6) is 0 Å². The van der Waals surface area contributed by atoms with Crippen LogP contribution in [-0.2, 0) is 14.2 Å². The first-order chi connectivity index (χ1) is 14.6. The van der Waals surface area contributed by atoms with Gasteiger partial charge in [-0.3, -0.25) is 0 Å². The highest BCUT2D eigenvalue weighted by molar-refractivity contribution is 5.45. The molecule has 3 nitrogen and oxygen atoms in total. The Morgan fingerprint density at radius 2 is 1.90 bits per heavy atom. The molecule has 5 heteroatoms. The maximum Gasteiger partial charge on any atom is 0.423 e. The average molecular weight is 437 g/mol. The van der Waals surface area contributed by atoms with E-state index in [1.807, 2.05) is 12.0 Å². The molecule has 0 spiro atoms. The molecule has 1 rings (SSSR count). The summed E-state index contributed by atoms with van der Waals surface area (Å²) in [6.07, 6.45) is 7.45. The number of halogens is 2. The average Bonchev–Trinajstić information content (AvgIpc) is 2.65. The molecular formula is C26H38F2O3. The van der Waals surface area contributed by atoms with E-state index in [1.165, 1.54) is 0 Å². The summed E-state index contributed by atoms with van der Waals surface area (Å²) >= 11 is 0. The third-order valence-electron chi connectivity index (χ3n) is 5.02. The molecule has 0 bridgehead atoms. The zero-order valence-corrected chi connectivity index (χ0v) is 19.7. The second-order valence-corrected chi connectivity index (χ2v) is 8.26. The van der Waals surface area contributed by atoms with Gasteiger partial charge in [0, 0.05) is 13.0 Å². The first-order valence-corrected chi connectivity index (χ1v) is 11.1. The molecule has 0 radical (unpaired) electrons. The smallest absolute Gasteiger partial charge is 0.381 e. The normalized spacial score (nSPS) is 20.6. The van der Waals surface area contributed by atoms with Gasteiger partial charge in [-0.1, -0.05) is 44.6 Å². The van der Waals surface area contributed by atoms with Crippen molar-refractivity contribution < 1.29 is 23.0 Å². The fourth-order valence-corrected chi connectivity index (χ4v) is 3.34. The highest BCUT2D eigenvalue weighted by Gasteiger charge is 2.31. The van der Waals surface area contributed by atoms with E-state index in [-0.39, 0.29) is 12.2 Å². The van der Waals surface area contributed by atoms with Crippen molar-refractivity contribution in [1.29, 1.82) is 0 Å². The summed E-state index contributed by atoms with van der Waals surface area (Å²) in [4.78, 5) is 0. The van der Waals surface area contributed by atoms with Crippen molar-refractivity contribution in [3.8, 4) is 11.8 Å². The van der Waals surface area contributed by atoms with Gasteiger partial charge in [0.05, 0.1) is 24.4 Å². The lowest BCUT2D eigenvalue weighted by Gasteiger charge is -2.36. The molecule has 31 heavy (non-hydrogen) atoms. The van der Waals surface area contributed by atoms with Gasteiger partial charge in [-0.15, -0.1) is 0 Å². The lowest BCUT2D eigenvalue weighted by Crippen LogP contribution is -2.39. The van der Waals surface area contributed by atoms with E-state index in [9.17, 15) is 8.78 Å². The minimum Gasteiger partial charge on any atom is -0.381 e. The Hall–Kier alpha value is -1.74. The number of rotatable bonds is 13. The molecule has 1 atom stereocenters. The predicted octanol–water partition coefficient (Wildman–Crippen LogP) is 6.77. The van der Waals surface area contributed by atoms with Crippen molar-refractivity contribution in [3.63, 3.8) is 0 Å². The third-order valence-corrected chi connectivity index (χ3v) is 5.02. The fourth-order valence-electron chi connectivity index (χ4n) is 3.34. The highest BCUT2D eigenvalue weighted by atomic mass is 19.3. The van der Waals surface area contributed by atoms with Crippen molar-refractivity contribution in [2.45, 2.75) is 96.7 Å². The van der Waals surface area contributed by atoms with Gasteiger partial charge < -0.3 is 14.2 Å². The van der Waals surface area contributed by atoms with Gasteiger partial charge in [-0.25, -0.2) is 0 Å². The van der Waals surface area contributed by atoms with Crippen molar-refractivity contribution in [2.75, 3.05) is 7.11 Å². The maximum absolute atomic E-state index is 13.7. The van der Waals surface area contributed by atoms with Crippen LogP contribution in [-0.4, -0.2) is 37.6 Å². The van der Waals surface area contributed by atoms with Gasteiger partial charge >= 0.3 is 6.11 Å². The number of allylic oxidation sites excluding steroid dienone is 6. The van der Waals surface area contributed by atoms with Crippen LogP contribution in [0.4, 0.5) is 8.78 Å². The van der Waals surface area contributed by atoms with Crippen LogP contribution in [0.15, 0.2) is 48.1 Å². The van der Waals surface area contributed by atoms with Crippen LogP contribution in [0.1, 0.15) is 66.2 Å². The van der Waals surface area contributed by atoms with Crippen LogP contribution < -0.4 is 0 Å². The highest BCUT2D eigenvalue weighted by Crippen LogP contribution is 2.29. The second-order valence-electron chi connectivity index (χ2n) is 8.26. The molecule has 1 fully saturated rings. The molecule has 0 aromatic rings. The molecule has 1 unspecified atom stereocenters. The van der Waals surface area contributed by atoms with Gasteiger partial charge in [0.15, 0.2) is 0 Å². The maximum atomic E-state index is 13.7. The molecule has 0 saturated heterocycles. The molecule has 0 heterocycles. The van der Waals surface area contributed by atoms with Crippen LogP contribution in [0.2, 0.25) is 0 Å². The SMILES string of the molecule is C=C/C=C(\C=C(/C)C#CC(F)(F)OC(C)C)C(=C)CCC(CCC)OC1CC(OC)C1. The Bertz CT molecular complexity index is 704. The Balaban J connectivity index is 2.72. The summed E-state index contributed by atoms with van der Waals surface area (Å²) in [5.41, 5.74) is 2.23. The summed E-state index contributed by atoms with van der Waals surface area (Å²) < 4.78 is 43.4. The number of ether oxygens (including phenoxy) is 3. The van der Waals surface area contributed by atoms with Crippen LogP contribution in [0, 0.1) is 11.8 Å². The van der Waals surface area contributed by atoms with Crippen molar-refractivity contribution in [1.82, 2.24) is 0 Å². The van der Waals surface area contributed by atoms with E-state index >= 15 is 0 Å². The monoisotopic (exact) mass is 436 g/mol. The van der Waals surface area contributed by atoms with E-state index in [2.05, 4.69) is 30.7 Å². The summed E-state index contributed by atoms with van der Waals surface area (Å²) in [7, 11) is 1.74. The van der Waals surface area contributed by atoms with E-state index in [0.717, 1.165) is 49.7 Å². The van der Waals surface area contributed by atoms with Crippen LogP contribution in [0.25, 0.3) is 0 Å². The fraction of sp³-hybridized carbons (Fsp3) is 0.615. The zero-order chi connectivity index (χ0) is 23.4. The lowest BCUT2D eigenvalue weighted by molar-refractivity contribution is -0.212. The van der Waals surface area contributed by atoms with E-state index in [1.54, 1.807) is 40.0 Å². The second kappa shape index (κ2) is 13.6.